The highest BCUT2D eigenvalue weighted by Gasteiger charge is 2.13. The Morgan fingerprint density at radius 3 is 1.51 bits per heavy atom. The Kier molecular flexibility index (Phi) is 6.39. The predicted molar refractivity (Wildman–Crippen MR) is 209 cm³/mol. The number of thiophene rings is 1. The molecule has 0 spiro atoms. The zero-order valence-corrected chi connectivity index (χ0v) is 27.3. The summed E-state index contributed by atoms with van der Waals surface area (Å²) >= 11 is 1.88. The first-order valence-corrected chi connectivity index (χ1v) is 17.4. The molecular formula is C46H28N2S. The van der Waals surface area contributed by atoms with E-state index in [2.05, 4.69) is 158 Å². The summed E-state index contributed by atoms with van der Waals surface area (Å²) in [5.41, 5.74) is 11.5. The number of rotatable bonds is 4. The summed E-state index contributed by atoms with van der Waals surface area (Å²) in [6.07, 6.45) is 3.57. The minimum atomic E-state index is 0.938. The van der Waals surface area contributed by atoms with Crippen LogP contribution in [0.4, 0.5) is 0 Å². The van der Waals surface area contributed by atoms with Crippen LogP contribution in [0.3, 0.4) is 0 Å². The molecule has 0 atom stereocenters. The summed E-state index contributed by atoms with van der Waals surface area (Å²) in [6, 6.07) is 57.3. The molecule has 10 aromatic rings. The quantitative estimate of drug-likeness (QED) is 0.179. The molecule has 49 heavy (non-hydrogen) atoms. The van der Waals surface area contributed by atoms with Gasteiger partial charge in [-0.25, -0.2) is 0 Å². The average Bonchev–Trinajstić information content (AvgIpc) is 3.57. The fraction of sp³-hybridized carbons (Fsp3) is 0. The lowest BCUT2D eigenvalue weighted by molar-refractivity contribution is 1.31. The number of nitrogens with zero attached hydrogens (tertiary/aromatic N) is 2. The Morgan fingerprint density at radius 2 is 0.816 bits per heavy atom. The highest BCUT2D eigenvalue weighted by Crippen LogP contribution is 2.41. The van der Waals surface area contributed by atoms with Crippen LogP contribution in [0, 0.1) is 0 Å². The van der Waals surface area contributed by atoms with Gasteiger partial charge in [-0.05, 0) is 85.6 Å². The van der Waals surface area contributed by atoms with E-state index in [1.54, 1.807) is 12.4 Å². The molecule has 8 aromatic carbocycles. The van der Waals surface area contributed by atoms with Crippen molar-refractivity contribution in [2.24, 2.45) is 0 Å². The van der Waals surface area contributed by atoms with E-state index >= 15 is 0 Å². The normalized spacial score (nSPS) is 11.7. The van der Waals surface area contributed by atoms with Crippen molar-refractivity contribution in [1.29, 1.82) is 0 Å². The molecule has 0 aliphatic rings. The van der Waals surface area contributed by atoms with Crippen LogP contribution in [0.5, 0.6) is 0 Å². The van der Waals surface area contributed by atoms with Crippen LogP contribution in [-0.2, 0) is 0 Å². The Hall–Kier alpha value is -6.16. The van der Waals surface area contributed by atoms with Crippen LogP contribution in [0.25, 0.3) is 97.3 Å². The predicted octanol–water partition coefficient (Wildman–Crippen LogP) is 13.0. The van der Waals surface area contributed by atoms with Gasteiger partial charge in [-0.3, -0.25) is 9.97 Å². The molecule has 0 saturated heterocycles. The van der Waals surface area contributed by atoms with E-state index in [0.29, 0.717) is 0 Å². The zero-order chi connectivity index (χ0) is 32.3. The minimum absolute atomic E-state index is 0.938. The molecule has 0 radical (unpaired) electrons. The van der Waals surface area contributed by atoms with Crippen molar-refractivity contribution in [3.8, 4) is 44.5 Å². The molecule has 2 heterocycles. The molecule has 0 unspecified atom stereocenters. The average molecular weight is 641 g/mol. The molecule has 0 N–H and O–H groups in total. The van der Waals surface area contributed by atoms with Gasteiger partial charge in [0.15, 0.2) is 0 Å². The van der Waals surface area contributed by atoms with Gasteiger partial charge in [0, 0.05) is 43.3 Å². The topological polar surface area (TPSA) is 25.8 Å². The molecule has 2 nitrogen and oxygen atoms in total. The van der Waals surface area contributed by atoms with Gasteiger partial charge < -0.3 is 0 Å². The van der Waals surface area contributed by atoms with E-state index in [1.165, 1.54) is 69.9 Å². The van der Waals surface area contributed by atoms with Crippen LogP contribution >= 0.6 is 11.3 Å². The highest BCUT2D eigenvalue weighted by molar-refractivity contribution is 7.26. The molecule has 0 aliphatic carbocycles. The number of benzene rings is 8. The molecule has 228 valence electrons. The third-order valence-corrected chi connectivity index (χ3v) is 11.0. The molecule has 0 fully saturated rings. The van der Waals surface area contributed by atoms with E-state index in [0.717, 1.165) is 27.4 Å². The molecule has 0 bridgehead atoms. The van der Waals surface area contributed by atoms with Crippen LogP contribution in [0.2, 0.25) is 0 Å². The summed E-state index contributed by atoms with van der Waals surface area (Å²) in [4.78, 5) is 9.52. The molecule has 3 heteroatoms. The van der Waals surface area contributed by atoms with Gasteiger partial charge in [0.2, 0.25) is 0 Å². The first-order valence-electron chi connectivity index (χ1n) is 16.6. The summed E-state index contributed by atoms with van der Waals surface area (Å²) in [7, 11) is 0. The van der Waals surface area contributed by atoms with Crippen LogP contribution in [-0.4, -0.2) is 9.97 Å². The maximum Gasteiger partial charge on any atom is 0.0971 e. The minimum Gasteiger partial charge on any atom is -0.252 e. The van der Waals surface area contributed by atoms with Crippen molar-refractivity contribution < 1.29 is 0 Å². The van der Waals surface area contributed by atoms with Gasteiger partial charge in [0.25, 0.3) is 0 Å². The fourth-order valence-electron chi connectivity index (χ4n) is 7.41. The number of hydrogen-bond acceptors (Lipinski definition) is 3. The van der Waals surface area contributed by atoms with E-state index < -0.39 is 0 Å². The van der Waals surface area contributed by atoms with Crippen molar-refractivity contribution >= 4 is 64.1 Å². The summed E-state index contributed by atoms with van der Waals surface area (Å²) < 4.78 is 2.67. The number of fused-ring (bicyclic) bond motifs is 9. The summed E-state index contributed by atoms with van der Waals surface area (Å²) in [6.45, 7) is 0. The Labute approximate surface area is 287 Å². The molecule has 0 aliphatic heterocycles. The van der Waals surface area contributed by atoms with Crippen molar-refractivity contribution in [1.82, 2.24) is 9.97 Å². The first kappa shape index (κ1) is 27.9. The van der Waals surface area contributed by atoms with E-state index in [-0.39, 0.29) is 0 Å². The van der Waals surface area contributed by atoms with Crippen molar-refractivity contribution in [2.45, 2.75) is 0 Å². The molecule has 10 rings (SSSR count). The van der Waals surface area contributed by atoms with Gasteiger partial charge in [0.05, 0.1) is 11.0 Å². The Bertz CT molecular complexity index is 2870. The highest BCUT2D eigenvalue weighted by atomic mass is 32.1. The van der Waals surface area contributed by atoms with E-state index in [1.807, 2.05) is 11.3 Å². The maximum atomic E-state index is 4.79. The van der Waals surface area contributed by atoms with E-state index in [9.17, 15) is 0 Å². The van der Waals surface area contributed by atoms with Crippen LogP contribution < -0.4 is 0 Å². The van der Waals surface area contributed by atoms with Gasteiger partial charge >= 0.3 is 0 Å². The molecule has 0 saturated carbocycles. The van der Waals surface area contributed by atoms with Crippen LogP contribution in [0.1, 0.15) is 0 Å². The van der Waals surface area contributed by atoms with Gasteiger partial charge in [0.1, 0.15) is 0 Å². The van der Waals surface area contributed by atoms with Crippen molar-refractivity contribution in [3.05, 3.63) is 170 Å². The standard InChI is InChI=1S/C46H28N2S/c1-2-17-40-37(15-1)38-22-21-34(28-42(38)45-44(40)47-23-24-48-45)32-12-6-10-30(26-32)29-9-5-11-31(25-29)33-13-7-14-35(27-33)36-18-8-19-41-39-16-3-4-20-43(39)49-46(36)41/h1-28H. The van der Waals surface area contributed by atoms with E-state index in [4.69, 9.17) is 9.97 Å². The maximum absolute atomic E-state index is 4.79. The SMILES string of the molecule is c1cc(-c2cccc(-c3ccc4c5ccccc5c5nccnc5c4c3)c2)cc(-c2cccc(-c3cccc4c3sc3ccccc34)c2)c1. The smallest absolute Gasteiger partial charge is 0.0971 e. The Morgan fingerprint density at radius 1 is 0.327 bits per heavy atom. The fourth-order valence-corrected chi connectivity index (χ4v) is 8.65. The lowest BCUT2D eigenvalue weighted by Crippen LogP contribution is -1.89. The van der Waals surface area contributed by atoms with Crippen LogP contribution in [0.15, 0.2) is 170 Å². The largest absolute Gasteiger partial charge is 0.252 e. The Balaban J connectivity index is 1.04. The number of aromatic nitrogens is 2. The summed E-state index contributed by atoms with van der Waals surface area (Å²) in [5.74, 6) is 0. The summed E-state index contributed by atoms with van der Waals surface area (Å²) in [5, 5.41) is 7.31. The lowest BCUT2D eigenvalue weighted by Gasteiger charge is -2.12. The second kappa shape index (κ2) is 11.2. The molecule has 0 amide bonds. The van der Waals surface area contributed by atoms with Gasteiger partial charge in [-0.2, -0.15) is 0 Å². The molecule has 2 aromatic heterocycles. The first-order chi connectivity index (χ1) is 24.3. The van der Waals surface area contributed by atoms with Crippen molar-refractivity contribution in [3.63, 3.8) is 0 Å². The zero-order valence-electron chi connectivity index (χ0n) is 26.5. The second-order valence-electron chi connectivity index (χ2n) is 12.6. The lowest BCUT2D eigenvalue weighted by atomic mass is 9.93. The van der Waals surface area contributed by atoms with Crippen molar-refractivity contribution in [2.75, 3.05) is 0 Å². The van der Waals surface area contributed by atoms with Gasteiger partial charge in [-0.1, -0.05) is 127 Å². The number of hydrogen-bond donors (Lipinski definition) is 0. The molecular weight excluding hydrogens is 613 g/mol. The third-order valence-electron chi connectivity index (χ3n) is 9.75. The monoisotopic (exact) mass is 640 g/mol. The third kappa shape index (κ3) is 4.62. The van der Waals surface area contributed by atoms with Gasteiger partial charge in [-0.15, -0.1) is 11.3 Å². The second-order valence-corrected chi connectivity index (χ2v) is 13.6.